The molecule has 0 saturated heterocycles. The van der Waals surface area contributed by atoms with Crippen molar-refractivity contribution in [2.75, 3.05) is 0 Å². The molecule has 1 atom stereocenters. The SMILES string of the molecule is CC(C1CCCC1)n1c(CCl)nc2cc(Cl)c(Cl)cc21. The molecular formula is C15H17Cl3N2. The van der Waals surface area contributed by atoms with E-state index < -0.39 is 0 Å². The normalized spacial score (nSPS) is 18.0. The van der Waals surface area contributed by atoms with Crippen LogP contribution >= 0.6 is 34.8 Å². The Labute approximate surface area is 134 Å². The van der Waals surface area contributed by atoms with Crippen molar-refractivity contribution in [2.24, 2.45) is 5.92 Å². The van der Waals surface area contributed by atoms with Gasteiger partial charge in [-0.05, 0) is 37.8 Å². The molecule has 2 nitrogen and oxygen atoms in total. The smallest absolute Gasteiger partial charge is 0.125 e. The van der Waals surface area contributed by atoms with Crippen LogP contribution in [0.2, 0.25) is 10.0 Å². The van der Waals surface area contributed by atoms with Crippen molar-refractivity contribution in [1.82, 2.24) is 9.55 Å². The van der Waals surface area contributed by atoms with E-state index in [1.807, 2.05) is 12.1 Å². The molecule has 1 aromatic heterocycles. The number of imidazole rings is 1. The Kier molecular flexibility index (Phi) is 4.16. The number of alkyl halides is 1. The lowest BCUT2D eigenvalue weighted by Crippen LogP contribution is -2.16. The maximum atomic E-state index is 6.17. The zero-order valence-corrected chi connectivity index (χ0v) is 13.6. The molecule has 0 radical (unpaired) electrons. The van der Waals surface area contributed by atoms with Crippen molar-refractivity contribution < 1.29 is 0 Å². The van der Waals surface area contributed by atoms with Crippen LogP contribution in [0.1, 0.15) is 44.5 Å². The van der Waals surface area contributed by atoms with E-state index in [-0.39, 0.29) is 0 Å². The van der Waals surface area contributed by atoms with Gasteiger partial charge in [-0.3, -0.25) is 0 Å². The van der Waals surface area contributed by atoms with E-state index in [9.17, 15) is 0 Å². The second kappa shape index (κ2) is 5.75. The number of nitrogens with zero attached hydrogens (tertiary/aromatic N) is 2. The van der Waals surface area contributed by atoms with Crippen LogP contribution in [0.25, 0.3) is 11.0 Å². The minimum absolute atomic E-state index is 0.397. The monoisotopic (exact) mass is 330 g/mol. The van der Waals surface area contributed by atoms with Crippen LogP contribution in [0, 0.1) is 5.92 Å². The van der Waals surface area contributed by atoms with Crippen molar-refractivity contribution in [2.45, 2.75) is 44.5 Å². The standard InChI is InChI=1S/C15H17Cl3N2/c1-9(10-4-2-3-5-10)20-14-7-12(18)11(17)6-13(14)19-15(20)8-16/h6-7,9-10H,2-5,8H2,1H3. The van der Waals surface area contributed by atoms with E-state index in [0.29, 0.717) is 27.9 Å². The van der Waals surface area contributed by atoms with E-state index in [1.165, 1.54) is 25.7 Å². The Bertz CT molecular complexity index is 630. The Hall–Kier alpha value is -0.440. The molecule has 0 amide bonds. The lowest BCUT2D eigenvalue weighted by atomic mass is 9.99. The molecule has 1 aromatic carbocycles. The topological polar surface area (TPSA) is 17.8 Å². The van der Waals surface area contributed by atoms with Crippen LogP contribution < -0.4 is 0 Å². The first-order valence-corrected chi connectivity index (χ1v) is 8.32. The van der Waals surface area contributed by atoms with Crippen LogP contribution in [0.5, 0.6) is 0 Å². The van der Waals surface area contributed by atoms with E-state index in [0.717, 1.165) is 16.9 Å². The van der Waals surface area contributed by atoms with Crippen LogP contribution in [-0.4, -0.2) is 9.55 Å². The van der Waals surface area contributed by atoms with Crippen LogP contribution in [0.15, 0.2) is 12.1 Å². The molecule has 108 valence electrons. The average molecular weight is 332 g/mol. The first kappa shape index (κ1) is 14.5. The highest BCUT2D eigenvalue weighted by atomic mass is 35.5. The van der Waals surface area contributed by atoms with Gasteiger partial charge in [0.1, 0.15) is 5.82 Å². The summed E-state index contributed by atoms with van der Waals surface area (Å²) >= 11 is 18.3. The summed E-state index contributed by atoms with van der Waals surface area (Å²) in [4.78, 5) is 4.61. The summed E-state index contributed by atoms with van der Waals surface area (Å²) in [5.74, 6) is 2.00. The average Bonchev–Trinajstić information content (AvgIpc) is 3.06. The molecule has 0 aliphatic heterocycles. The van der Waals surface area contributed by atoms with Gasteiger partial charge in [0.25, 0.3) is 0 Å². The van der Waals surface area contributed by atoms with Gasteiger partial charge in [-0.1, -0.05) is 36.0 Å². The molecule has 3 rings (SSSR count). The van der Waals surface area contributed by atoms with Gasteiger partial charge in [0.05, 0.1) is 27.0 Å². The van der Waals surface area contributed by atoms with Crippen molar-refractivity contribution in [1.29, 1.82) is 0 Å². The second-order valence-corrected chi connectivity index (χ2v) is 6.65. The Morgan fingerprint density at radius 3 is 2.55 bits per heavy atom. The minimum Gasteiger partial charge on any atom is -0.324 e. The van der Waals surface area contributed by atoms with Crippen LogP contribution in [-0.2, 0) is 5.88 Å². The number of hydrogen-bond donors (Lipinski definition) is 0. The molecule has 1 aliphatic carbocycles. The maximum absolute atomic E-state index is 6.17. The van der Waals surface area contributed by atoms with Crippen LogP contribution in [0.4, 0.5) is 0 Å². The molecule has 1 aliphatic rings. The van der Waals surface area contributed by atoms with E-state index in [1.54, 1.807) is 0 Å². The molecule has 0 N–H and O–H groups in total. The van der Waals surface area contributed by atoms with Crippen molar-refractivity contribution in [3.8, 4) is 0 Å². The molecule has 0 bridgehead atoms. The van der Waals surface area contributed by atoms with Gasteiger partial charge in [0.2, 0.25) is 0 Å². The zero-order valence-electron chi connectivity index (χ0n) is 11.4. The summed E-state index contributed by atoms with van der Waals surface area (Å²) in [5.41, 5.74) is 1.91. The van der Waals surface area contributed by atoms with E-state index in [4.69, 9.17) is 34.8 Å². The third-order valence-electron chi connectivity index (χ3n) is 4.41. The highest BCUT2D eigenvalue weighted by Gasteiger charge is 2.26. The Morgan fingerprint density at radius 1 is 1.25 bits per heavy atom. The highest BCUT2D eigenvalue weighted by molar-refractivity contribution is 6.42. The zero-order chi connectivity index (χ0) is 14.3. The fraction of sp³-hybridized carbons (Fsp3) is 0.533. The molecule has 2 aromatic rings. The van der Waals surface area contributed by atoms with Gasteiger partial charge in [0, 0.05) is 6.04 Å². The lowest BCUT2D eigenvalue weighted by molar-refractivity contribution is 0.362. The number of halogens is 3. The summed E-state index contributed by atoms with van der Waals surface area (Å²) in [6.45, 7) is 2.26. The van der Waals surface area contributed by atoms with Crippen LogP contribution in [0.3, 0.4) is 0 Å². The molecule has 20 heavy (non-hydrogen) atoms. The predicted octanol–water partition coefficient (Wildman–Crippen LogP) is 5.83. The summed E-state index contributed by atoms with van der Waals surface area (Å²) < 4.78 is 2.25. The molecule has 5 heteroatoms. The number of rotatable bonds is 3. The summed E-state index contributed by atoms with van der Waals surface area (Å²) in [6, 6.07) is 4.13. The van der Waals surface area contributed by atoms with Crippen molar-refractivity contribution >= 4 is 45.8 Å². The molecule has 0 spiro atoms. The first-order chi connectivity index (χ1) is 9.61. The minimum atomic E-state index is 0.397. The Balaban J connectivity index is 2.13. The third kappa shape index (κ3) is 2.43. The van der Waals surface area contributed by atoms with Gasteiger partial charge in [-0.15, -0.1) is 11.6 Å². The molecule has 1 unspecified atom stereocenters. The van der Waals surface area contributed by atoms with Crippen molar-refractivity contribution in [3.05, 3.63) is 28.0 Å². The molecule has 1 heterocycles. The summed E-state index contributed by atoms with van der Waals surface area (Å²) in [5, 5.41) is 1.11. The van der Waals surface area contributed by atoms with E-state index in [2.05, 4.69) is 16.5 Å². The predicted molar refractivity (Wildman–Crippen MR) is 86.0 cm³/mol. The number of benzene rings is 1. The van der Waals surface area contributed by atoms with Gasteiger partial charge in [0.15, 0.2) is 0 Å². The van der Waals surface area contributed by atoms with Crippen molar-refractivity contribution in [3.63, 3.8) is 0 Å². The third-order valence-corrected chi connectivity index (χ3v) is 5.37. The summed E-state index contributed by atoms with van der Waals surface area (Å²) in [6.07, 6.45) is 5.21. The first-order valence-electron chi connectivity index (χ1n) is 7.03. The van der Waals surface area contributed by atoms with Gasteiger partial charge < -0.3 is 4.57 Å². The van der Waals surface area contributed by atoms with Gasteiger partial charge in [-0.25, -0.2) is 4.98 Å². The fourth-order valence-electron chi connectivity index (χ4n) is 3.34. The number of aromatic nitrogens is 2. The maximum Gasteiger partial charge on any atom is 0.125 e. The largest absolute Gasteiger partial charge is 0.324 e. The molecular weight excluding hydrogens is 315 g/mol. The van der Waals surface area contributed by atoms with E-state index >= 15 is 0 Å². The highest BCUT2D eigenvalue weighted by Crippen LogP contribution is 2.38. The second-order valence-electron chi connectivity index (χ2n) is 5.57. The molecule has 1 fully saturated rings. The quantitative estimate of drug-likeness (QED) is 0.647. The fourth-order valence-corrected chi connectivity index (χ4v) is 3.84. The number of hydrogen-bond acceptors (Lipinski definition) is 1. The number of fused-ring (bicyclic) bond motifs is 1. The lowest BCUT2D eigenvalue weighted by Gasteiger charge is -2.23. The summed E-state index contributed by atoms with van der Waals surface area (Å²) in [7, 11) is 0. The van der Waals surface area contributed by atoms with Gasteiger partial charge in [-0.2, -0.15) is 0 Å². The van der Waals surface area contributed by atoms with Gasteiger partial charge >= 0.3 is 0 Å². The molecule has 1 saturated carbocycles. The Morgan fingerprint density at radius 2 is 1.90 bits per heavy atom.